The van der Waals surface area contributed by atoms with Crippen molar-refractivity contribution >= 4 is 0 Å². The van der Waals surface area contributed by atoms with E-state index in [1.54, 1.807) is 14.2 Å². The minimum atomic E-state index is 0.385. The lowest BCUT2D eigenvalue weighted by Gasteiger charge is -2.21. The van der Waals surface area contributed by atoms with E-state index in [-0.39, 0.29) is 0 Å². The smallest absolute Gasteiger partial charge is 0.161 e. The summed E-state index contributed by atoms with van der Waals surface area (Å²) in [5, 5.41) is 3.70. The number of rotatable bonds is 8. The number of benzene rings is 1. The van der Waals surface area contributed by atoms with Crippen LogP contribution in [0.25, 0.3) is 0 Å². The lowest BCUT2D eigenvalue weighted by Crippen LogP contribution is -2.26. The molecule has 0 spiro atoms. The Labute approximate surface area is 122 Å². The largest absolute Gasteiger partial charge is 0.493 e. The van der Waals surface area contributed by atoms with Crippen molar-refractivity contribution in [2.75, 3.05) is 20.8 Å². The first-order valence-electron chi connectivity index (χ1n) is 7.64. The van der Waals surface area contributed by atoms with E-state index in [0.717, 1.165) is 36.3 Å². The van der Waals surface area contributed by atoms with Crippen LogP contribution in [0.3, 0.4) is 0 Å². The molecule has 0 heterocycles. The molecule has 2 unspecified atom stereocenters. The van der Waals surface area contributed by atoms with Crippen LogP contribution in [0.2, 0.25) is 0 Å². The standard InChI is InChI=1S/C17H27NO2/c1-5-15(18-11-12(2)13-6-7-13)14-8-9-16(19-3)17(10-14)20-4/h8-10,12-13,15,18H,5-7,11H2,1-4H3. The molecule has 1 N–H and O–H groups in total. The van der Waals surface area contributed by atoms with Crippen LogP contribution in [0.4, 0.5) is 0 Å². The van der Waals surface area contributed by atoms with E-state index in [1.165, 1.54) is 18.4 Å². The first-order valence-corrected chi connectivity index (χ1v) is 7.64. The Bertz CT molecular complexity index is 429. The summed E-state index contributed by atoms with van der Waals surface area (Å²) >= 11 is 0. The lowest BCUT2D eigenvalue weighted by atomic mass is 10.0. The van der Waals surface area contributed by atoms with Crippen LogP contribution in [-0.2, 0) is 0 Å². The van der Waals surface area contributed by atoms with Gasteiger partial charge in [0, 0.05) is 6.04 Å². The van der Waals surface area contributed by atoms with Crippen molar-refractivity contribution in [3.8, 4) is 11.5 Å². The highest BCUT2D eigenvalue weighted by Gasteiger charge is 2.28. The Morgan fingerprint density at radius 2 is 1.90 bits per heavy atom. The summed E-state index contributed by atoms with van der Waals surface area (Å²) < 4.78 is 10.7. The molecule has 1 aliphatic carbocycles. The fraction of sp³-hybridized carbons (Fsp3) is 0.647. The van der Waals surface area contributed by atoms with Gasteiger partial charge in [0.15, 0.2) is 11.5 Å². The fourth-order valence-electron chi connectivity index (χ4n) is 2.73. The summed E-state index contributed by atoms with van der Waals surface area (Å²) in [5.41, 5.74) is 1.27. The number of methoxy groups -OCH3 is 2. The zero-order valence-corrected chi connectivity index (χ0v) is 13.1. The Hall–Kier alpha value is -1.22. The van der Waals surface area contributed by atoms with Gasteiger partial charge >= 0.3 is 0 Å². The molecule has 0 amide bonds. The molecule has 3 nitrogen and oxygen atoms in total. The molecule has 20 heavy (non-hydrogen) atoms. The molecule has 2 rings (SSSR count). The maximum atomic E-state index is 5.39. The van der Waals surface area contributed by atoms with E-state index in [1.807, 2.05) is 6.07 Å². The molecule has 2 atom stereocenters. The second-order valence-corrected chi connectivity index (χ2v) is 5.80. The van der Waals surface area contributed by atoms with Gasteiger partial charge in [0.25, 0.3) is 0 Å². The third kappa shape index (κ3) is 3.66. The summed E-state index contributed by atoms with van der Waals surface area (Å²) in [6, 6.07) is 6.59. The molecule has 112 valence electrons. The monoisotopic (exact) mass is 277 g/mol. The first kappa shape index (κ1) is 15.2. The molecule has 1 aliphatic rings. The van der Waals surface area contributed by atoms with Gasteiger partial charge < -0.3 is 14.8 Å². The zero-order chi connectivity index (χ0) is 14.5. The highest BCUT2D eigenvalue weighted by atomic mass is 16.5. The summed E-state index contributed by atoms with van der Waals surface area (Å²) in [7, 11) is 3.36. The van der Waals surface area contributed by atoms with Crippen LogP contribution < -0.4 is 14.8 Å². The fourth-order valence-corrected chi connectivity index (χ4v) is 2.73. The van der Waals surface area contributed by atoms with Gasteiger partial charge in [-0.2, -0.15) is 0 Å². The lowest BCUT2D eigenvalue weighted by molar-refractivity contribution is 0.353. The SMILES string of the molecule is CCC(NCC(C)C1CC1)c1ccc(OC)c(OC)c1. The van der Waals surface area contributed by atoms with Crippen molar-refractivity contribution in [2.24, 2.45) is 11.8 Å². The first-order chi connectivity index (χ1) is 9.69. The van der Waals surface area contributed by atoms with E-state index in [0.29, 0.717) is 6.04 Å². The summed E-state index contributed by atoms with van der Waals surface area (Å²) in [5.74, 6) is 3.33. The highest BCUT2D eigenvalue weighted by Crippen LogP contribution is 2.36. The van der Waals surface area contributed by atoms with Gasteiger partial charge in [0.05, 0.1) is 14.2 Å². The van der Waals surface area contributed by atoms with Crippen molar-refractivity contribution in [3.05, 3.63) is 23.8 Å². The summed E-state index contributed by atoms with van der Waals surface area (Å²) in [6.07, 6.45) is 3.90. The van der Waals surface area contributed by atoms with Crippen LogP contribution >= 0.6 is 0 Å². The average Bonchev–Trinajstić information content (AvgIpc) is 3.32. The van der Waals surface area contributed by atoms with Crippen LogP contribution in [0.5, 0.6) is 11.5 Å². The number of hydrogen-bond donors (Lipinski definition) is 1. The van der Waals surface area contributed by atoms with Crippen LogP contribution in [0.1, 0.15) is 44.7 Å². The zero-order valence-electron chi connectivity index (χ0n) is 13.1. The van der Waals surface area contributed by atoms with Gasteiger partial charge in [-0.1, -0.05) is 19.9 Å². The van der Waals surface area contributed by atoms with E-state index >= 15 is 0 Å². The second-order valence-electron chi connectivity index (χ2n) is 5.80. The van der Waals surface area contributed by atoms with Crippen LogP contribution in [0, 0.1) is 11.8 Å². The highest BCUT2D eigenvalue weighted by molar-refractivity contribution is 5.43. The molecule has 0 saturated heterocycles. The Morgan fingerprint density at radius 3 is 2.45 bits per heavy atom. The Kier molecular flexibility index (Phi) is 5.30. The molecule has 0 radical (unpaired) electrons. The van der Waals surface area contributed by atoms with E-state index in [2.05, 4.69) is 31.3 Å². The number of hydrogen-bond acceptors (Lipinski definition) is 3. The molecular weight excluding hydrogens is 250 g/mol. The maximum absolute atomic E-state index is 5.39. The second kappa shape index (κ2) is 6.98. The van der Waals surface area contributed by atoms with E-state index in [4.69, 9.17) is 9.47 Å². The van der Waals surface area contributed by atoms with E-state index in [9.17, 15) is 0 Å². The third-order valence-corrected chi connectivity index (χ3v) is 4.33. The molecule has 1 saturated carbocycles. The van der Waals surface area contributed by atoms with Gasteiger partial charge in [-0.15, -0.1) is 0 Å². The van der Waals surface area contributed by atoms with Gasteiger partial charge in [-0.05, 0) is 55.3 Å². The summed E-state index contributed by atoms with van der Waals surface area (Å²) in [4.78, 5) is 0. The quantitative estimate of drug-likeness (QED) is 0.784. The van der Waals surface area contributed by atoms with Gasteiger partial charge in [-0.3, -0.25) is 0 Å². The molecule has 0 aliphatic heterocycles. The number of ether oxygens (including phenoxy) is 2. The van der Waals surface area contributed by atoms with Crippen molar-refractivity contribution in [2.45, 2.75) is 39.2 Å². The van der Waals surface area contributed by atoms with Crippen LogP contribution in [-0.4, -0.2) is 20.8 Å². The van der Waals surface area contributed by atoms with Crippen LogP contribution in [0.15, 0.2) is 18.2 Å². The number of nitrogens with one attached hydrogen (secondary N) is 1. The van der Waals surface area contributed by atoms with E-state index < -0.39 is 0 Å². The van der Waals surface area contributed by atoms with Crippen molar-refractivity contribution < 1.29 is 9.47 Å². The predicted molar refractivity (Wildman–Crippen MR) is 82.5 cm³/mol. The molecule has 1 aromatic rings. The van der Waals surface area contributed by atoms with Gasteiger partial charge in [0.2, 0.25) is 0 Å². The molecule has 3 heteroatoms. The molecule has 1 fully saturated rings. The van der Waals surface area contributed by atoms with Gasteiger partial charge in [0.1, 0.15) is 0 Å². The third-order valence-electron chi connectivity index (χ3n) is 4.33. The summed E-state index contributed by atoms with van der Waals surface area (Å²) in [6.45, 7) is 5.67. The maximum Gasteiger partial charge on any atom is 0.161 e. The molecular formula is C17H27NO2. The van der Waals surface area contributed by atoms with Gasteiger partial charge in [-0.25, -0.2) is 0 Å². The molecule has 0 bridgehead atoms. The normalized spacial score (nSPS) is 17.6. The van der Waals surface area contributed by atoms with Crippen molar-refractivity contribution in [1.82, 2.24) is 5.32 Å². The Morgan fingerprint density at radius 1 is 1.20 bits per heavy atom. The topological polar surface area (TPSA) is 30.5 Å². The Balaban J connectivity index is 2.02. The molecule has 0 aromatic heterocycles. The minimum absolute atomic E-state index is 0.385. The average molecular weight is 277 g/mol. The van der Waals surface area contributed by atoms with Crippen molar-refractivity contribution in [3.63, 3.8) is 0 Å². The molecule has 1 aromatic carbocycles. The predicted octanol–water partition coefficient (Wildman–Crippen LogP) is 3.79. The van der Waals surface area contributed by atoms with Crippen molar-refractivity contribution in [1.29, 1.82) is 0 Å². The minimum Gasteiger partial charge on any atom is -0.493 e.